The first-order valence-corrected chi connectivity index (χ1v) is 12.4. The van der Waals surface area contributed by atoms with E-state index in [1.54, 1.807) is 16.1 Å². The second kappa shape index (κ2) is 12.8. The van der Waals surface area contributed by atoms with Crippen molar-refractivity contribution in [1.29, 1.82) is 0 Å². The third kappa shape index (κ3) is 6.64. The zero-order valence-electron chi connectivity index (χ0n) is 21.6. The predicted octanol–water partition coefficient (Wildman–Crippen LogP) is 2.00. The van der Waals surface area contributed by atoms with Crippen molar-refractivity contribution in [3.63, 3.8) is 0 Å². The fourth-order valence-corrected chi connectivity index (χ4v) is 4.44. The van der Waals surface area contributed by atoms with Crippen molar-refractivity contribution >= 4 is 17.7 Å². The molecule has 0 aliphatic heterocycles. The van der Waals surface area contributed by atoms with E-state index in [2.05, 4.69) is 6.58 Å². The highest BCUT2D eigenvalue weighted by Crippen LogP contribution is 2.16. The summed E-state index contributed by atoms with van der Waals surface area (Å²) >= 11 is 0. The van der Waals surface area contributed by atoms with Gasteiger partial charge in [0.05, 0.1) is 17.6 Å². The molecule has 1 aliphatic carbocycles. The number of rotatable bonds is 11. The summed E-state index contributed by atoms with van der Waals surface area (Å²) in [7, 11) is 0. The van der Waals surface area contributed by atoms with E-state index in [0.717, 1.165) is 16.7 Å². The number of fused-ring (bicyclic) bond motifs is 1. The monoisotopic (exact) mass is 529 g/mol. The van der Waals surface area contributed by atoms with Crippen LogP contribution in [-0.4, -0.2) is 34.1 Å². The van der Waals surface area contributed by atoms with Crippen molar-refractivity contribution in [2.24, 2.45) is 0 Å². The van der Waals surface area contributed by atoms with Gasteiger partial charge in [-0.25, -0.2) is 5.48 Å². The fraction of sp³-hybridized carbons (Fsp3) is 0.200. The summed E-state index contributed by atoms with van der Waals surface area (Å²) < 4.78 is 13.5. The number of carbonyl (C=O) groups excluding carboxylic acids is 1. The Morgan fingerprint density at radius 3 is 2.28 bits per heavy atom. The topological polar surface area (TPSA) is 122 Å². The summed E-state index contributed by atoms with van der Waals surface area (Å²) in [6.45, 7) is 5.39. The molecule has 0 fully saturated rings. The number of hydrogen-bond acceptors (Lipinski definition) is 7. The van der Waals surface area contributed by atoms with Crippen LogP contribution in [0.1, 0.15) is 28.7 Å². The maximum absolute atomic E-state index is 14.0. The third-order valence-electron chi connectivity index (χ3n) is 6.39. The van der Waals surface area contributed by atoms with Crippen LogP contribution in [0.25, 0.3) is 11.8 Å². The molecule has 3 aromatic rings. The average Bonchev–Trinajstić information content (AvgIpc) is 3.15. The van der Waals surface area contributed by atoms with Gasteiger partial charge in [-0.1, -0.05) is 73.3 Å². The molecule has 4 rings (SSSR count). The van der Waals surface area contributed by atoms with Gasteiger partial charge < -0.3 is 14.0 Å². The van der Waals surface area contributed by atoms with E-state index in [-0.39, 0.29) is 17.9 Å². The van der Waals surface area contributed by atoms with E-state index in [0.29, 0.717) is 47.0 Å². The number of benzene rings is 2. The molecule has 4 N–H and O–H groups in total. The summed E-state index contributed by atoms with van der Waals surface area (Å²) in [4.78, 5) is 25.9. The van der Waals surface area contributed by atoms with Crippen LogP contribution in [0.2, 0.25) is 0 Å². The Kier molecular flexibility index (Phi) is 8.98. The minimum atomic E-state index is -0.731. The lowest BCUT2D eigenvalue weighted by Crippen LogP contribution is -2.48. The zero-order valence-corrected chi connectivity index (χ0v) is 21.6. The van der Waals surface area contributed by atoms with E-state index in [1.165, 1.54) is 0 Å². The molecule has 0 saturated heterocycles. The van der Waals surface area contributed by atoms with E-state index < -0.39 is 12.5 Å². The Balaban J connectivity index is 1.97. The lowest BCUT2D eigenvalue weighted by atomic mass is 9.99. The molecule has 0 bridgehead atoms. The summed E-state index contributed by atoms with van der Waals surface area (Å²) in [5.74, 6) is 0.0593. The van der Waals surface area contributed by atoms with Crippen molar-refractivity contribution < 1.29 is 24.7 Å². The largest absolute Gasteiger partial charge is 0.491 e. The number of aromatic nitrogens is 1. The lowest BCUT2D eigenvalue weighted by molar-refractivity contribution is -0.131. The van der Waals surface area contributed by atoms with E-state index >= 15 is 0 Å². The van der Waals surface area contributed by atoms with Crippen molar-refractivity contribution in [1.82, 2.24) is 15.5 Å². The summed E-state index contributed by atoms with van der Waals surface area (Å²) in [5, 5.41) is 19.4. The Labute approximate surface area is 225 Å². The van der Waals surface area contributed by atoms with Gasteiger partial charge in [0.15, 0.2) is 6.61 Å². The van der Waals surface area contributed by atoms with Gasteiger partial charge >= 0.3 is 0 Å². The predicted molar refractivity (Wildman–Crippen MR) is 146 cm³/mol. The Morgan fingerprint density at radius 1 is 0.974 bits per heavy atom. The fourth-order valence-electron chi connectivity index (χ4n) is 4.44. The number of nitrogens with one attached hydrogen (secondary N) is 2. The molecule has 1 amide bonds. The number of hydroxylamine groups is 2. The van der Waals surface area contributed by atoms with Crippen LogP contribution in [0.4, 0.5) is 0 Å². The van der Waals surface area contributed by atoms with Crippen LogP contribution >= 0.6 is 0 Å². The summed E-state index contributed by atoms with van der Waals surface area (Å²) in [6.07, 6.45) is 4.28. The van der Waals surface area contributed by atoms with Gasteiger partial charge in [-0.3, -0.25) is 25.5 Å². The van der Waals surface area contributed by atoms with E-state index in [4.69, 9.17) is 19.9 Å². The molecule has 0 radical (unpaired) electrons. The van der Waals surface area contributed by atoms with Crippen molar-refractivity contribution in [3.8, 4) is 0 Å². The highest BCUT2D eigenvalue weighted by atomic mass is 16.5. The molecule has 9 heteroatoms. The van der Waals surface area contributed by atoms with E-state index in [9.17, 15) is 9.59 Å². The maximum atomic E-state index is 14.0. The average molecular weight is 530 g/mol. The molecule has 0 spiro atoms. The molecule has 1 aromatic heterocycles. The number of allylic oxidation sites excluding steroid dienone is 1. The van der Waals surface area contributed by atoms with Crippen LogP contribution in [0.3, 0.4) is 0 Å². The number of pyridine rings is 1. The number of nitrogens with zero attached hydrogens (tertiary/aromatic N) is 1. The van der Waals surface area contributed by atoms with Gasteiger partial charge in [0, 0.05) is 29.7 Å². The second-order valence-electron chi connectivity index (χ2n) is 9.11. The smallest absolute Gasteiger partial charge is 0.281 e. The highest BCUT2D eigenvalue weighted by molar-refractivity contribution is 5.76. The Bertz CT molecular complexity index is 1560. The van der Waals surface area contributed by atoms with Gasteiger partial charge in [-0.05, 0) is 23.6 Å². The molecule has 0 unspecified atom stereocenters. The second-order valence-corrected chi connectivity index (χ2v) is 9.11. The van der Waals surface area contributed by atoms with E-state index in [1.807, 2.05) is 79.1 Å². The first kappa shape index (κ1) is 27.4. The quantitative estimate of drug-likeness (QED) is 0.221. The molecule has 0 atom stereocenters. The third-order valence-corrected chi connectivity index (χ3v) is 6.39. The summed E-state index contributed by atoms with van der Waals surface area (Å²) in [5.41, 5.74) is 6.92. The van der Waals surface area contributed by atoms with Crippen molar-refractivity contribution in [2.75, 3.05) is 13.2 Å². The number of ether oxygens (including phenoxy) is 2. The number of carbonyl (C=O) groups is 1. The maximum Gasteiger partial charge on any atom is 0.281 e. The number of hydrogen-bond donors (Lipinski definition) is 4. The highest BCUT2D eigenvalue weighted by Gasteiger charge is 2.19. The van der Waals surface area contributed by atoms with Crippen molar-refractivity contribution in [3.05, 3.63) is 128 Å². The molecule has 2 aromatic carbocycles. The Morgan fingerprint density at radius 2 is 1.64 bits per heavy atom. The van der Waals surface area contributed by atoms with Crippen molar-refractivity contribution in [2.45, 2.75) is 26.3 Å². The zero-order chi connectivity index (χ0) is 27.8. The molecular weight excluding hydrogens is 498 g/mol. The normalized spacial score (nSPS) is 12.4. The van der Waals surface area contributed by atoms with Gasteiger partial charge in [0.25, 0.3) is 11.5 Å². The number of amides is 1. The molecule has 9 nitrogen and oxygen atoms in total. The Hall–Kier alpha value is -4.60. The molecule has 39 heavy (non-hydrogen) atoms. The van der Waals surface area contributed by atoms with Gasteiger partial charge in [-0.2, -0.15) is 0 Å². The summed E-state index contributed by atoms with van der Waals surface area (Å²) in [6, 6.07) is 19.4. The van der Waals surface area contributed by atoms with Gasteiger partial charge in [0.2, 0.25) is 0 Å². The minimum Gasteiger partial charge on any atom is -0.491 e. The van der Waals surface area contributed by atoms with Crippen LogP contribution in [0.5, 0.6) is 0 Å². The first-order valence-electron chi connectivity index (χ1n) is 12.4. The molecule has 1 heterocycles. The van der Waals surface area contributed by atoms with Gasteiger partial charge in [-0.15, -0.1) is 0 Å². The molecular formula is C30H31N3O6. The van der Waals surface area contributed by atoms with Crippen LogP contribution < -0.4 is 27.1 Å². The molecule has 0 saturated carbocycles. The minimum absolute atomic E-state index is 0.00795. The molecule has 202 valence electrons. The van der Waals surface area contributed by atoms with Crippen LogP contribution in [0.15, 0.2) is 89.6 Å². The first-order chi connectivity index (χ1) is 18.9. The molecule has 1 aliphatic rings. The standard InChI is InChI=1S/C30H31N3O6/c1-20(31-36)18-38-24-13-14-26-29(27(16-24)39-19-28(34)32-37)21(2)25(15-22-9-5-3-6-10-22)30(35)33(26)17-23-11-7-4-8-12-23/h3-12,14,16,31,36-37H,1,13,15,17-19H2,2H3,(H,32,34). The van der Waals surface area contributed by atoms with Crippen LogP contribution in [0, 0.1) is 6.92 Å². The van der Waals surface area contributed by atoms with Gasteiger partial charge in [0.1, 0.15) is 18.1 Å². The lowest BCUT2D eigenvalue weighted by Gasteiger charge is -2.16. The van der Waals surface area contributed by atoms with Crippen LogP contribution in [-0.2, 0) is 27.2 Å². The SMILES string of the molecule is C=C(COC1=CC(OCC(=O)NO)=c2c(C)c(Cc3ccccc3)c(=O)n(Cc3ccccc3)c2=CC1)NO.